The van der Waals surface area contributed by atoms with Crippen molar-refractivity contribution in [3.8, 4) is 0 Å². The summed E-state index contributed by atoms with van der Waals surface area (Å²) in [5, 5.41) is 0.362. The van der Waals surface area contributed by atoms with Crippen LogP contribution < -0.4 is 0 Å². The Morgan fingerprint density at radius 3 is 2.92 bits per heavy atom. The second-order valence-corrected chi connectivity index (χ2v) is 2.83. The fourth-order valence-corrected chi connectivity index (χ4v) is 1.26. The van der Waals surface area contributed by atoms with Crippen LogP contribution in [0, 0.1) is 0 Å². The molecule has 1 aromatic carbocycles. The zero-order valence-corrected chi connectivity index (χ0v) is 7.51. The van der Waals surface area contributed by atoms with Crippen LogP contribution in [-0.2, 0) is 18.0 Å². The third-order valence-corrected chi connectivity index (χ3v) is 2.02. The molecule has 0 amide bonds. The van der Waals surface area contributed by atoms with Crippen molar-refractivity contribution in [2.24, 2.45) is 4.99 Å². The van der Waals surface area contributed by atoms with Crippen molar-refractivity contribution in [2.75, 3.05) is 0 Å². The minimum absolute atomic E-state index is 0.128. The molecule has 0 heterocycles. The van der Waals surface area contributed by atoms with Gasteiger partial charge in [0.2, 0.25) is 6.08 Å². The first-order valence-corrected chi connectivity index (χ1v) is 4.03. The second kappa shape index (κ2) is 4.75. The van der Waals surface area contributed by atoms with Gasteiger partial charge in [-0.3, -0.25) is 0 Å². The van der Waals surface area contributed by atoms with Crippen molar-refractivity contribution in [3.63, 3.8) is 0 Å². The van der Waals surface area contributed by atoms with Crippen LogP contribution in [0.15, 0.2) is 23.2 Å². The number of nitrogens with zero attached hydrogens (tertiary/aromatic N) is 1. The molecule has 0 unspecified atom stereocenters. The molecule has 0 radical (unpaired) electrons. The monoisotopic (exact) mass is 199 g/mol. The van der Waals surface area contributed by atoms with E-state index in [0.29, 0.717) is 16.1 Å². The average Bonchev–Trinajstić information content (AvgIpc) is 2.15. The Morgan fingerprint density at radius 2 is 2.31 bits per heavy atom. The zero-order chi connectivity index (χ0) is 9.68. The van der Waals surface area contributed by atoms with Crippen molar-refractivity contribution in [1.29, 1.82) is 0 Å². The summed E-state index contributed by atoms with van der Waals surface area (Å²) in [4.78, 5) is 13.2. The van der Waals surface area contributed by atoms with E-state index in [1.165, 1.54) is 6.08 Å². The molecule has 0 spiro atoms. The van der Waals surface area contributed by atoms with Crippen LogP contribution in [0.3, 0.4) is 0 Å². The second-order valence-electron chi connectivity index (χ2n) is 2.42. The van der Waals surface area contributed by atoms with Gasteiger partial charge in [-0.15, -0.1) is 0 Å². The number of hydrogen-bond acceptors (Lipinski definition) is 2. The van der Waals surface area contributed by atoms with Gasteiger partial charge in [-0.25, -0.2) is 14.2 Å². The lowest BCUT2D eigenvalue weighted by atomic mass is 10.1. The molecule has 68 valence electrons. The summed E-state index contributed by atoms with van der Waals surface area (Å²) in [5.41, 5.74) is 1.02. The minimum atomic E-state index is -0.649. The molecule has 0 saturated heterocycles. The van der Waals surface area contributed by atoms with Crippen LogP contribution in [-0.4, -0.2) is 6.08 Å². The molecule has 4 heteroatoms. The van der Waals surface area contributed by atoms with Crippen LogP contribution in [0.1, 0.15) is 11.1 Å². The van der Waals surface area contributed by atoms with Gasteiger partial charge in [0, 0.05) is 10.6 Å². The molecule has 0 aliphatic carbocycles. The fraction of sp³-hybridized carbons (Fsp3) is 0.222. The summed E-state index contributed by atoms with van der Waals surface area (Å²) in [6, 6.07) is 4.98. The Balaban J connectivity index is 3.04. The number of benzene rings is 1. The molecule has 0 aliphatic rings. The summed E-state index contributed by atoms with van der Waals surface area (Å²) in [6.07, 6.45) is 1.40. The van der Waals surface area contributed by atoms with E-state index in [4.69, 9.17) is 11.6 Å². The maximum absolute atomic E-state index is 12.4. The highest BCUT2D eigenvalue weighted by Crippen LogP contribution is 2.21. The Labute approximate surface area is 80.1 Å². The largest absolute Gasteiger partial charge is 0.246 e. The van der Waals surface area contributed by atoms with Crippen LogP contribution in [0.25, 0.3) is 0 Å². The number of isocyanates is 1. The summed E-state index contributed by atoms with van der Waals surface area (Å²) >= 11 is 5.73. The zero-order valence-electron chi connectivity index (χ0n) is 6.76. The van der Waals surface area contributed by atoms with Crippen LogP contribution in [0.5, 0.6) is 0 Å². The minimum Gasteiger partial charge on any atom is -0.246 e. The van der Waals surface area contributed by atoms with E-state index >= 15 is 0 Å². The van der Waals surface area contributed by atoms with Gasteiger partial charge in [0.15, 0.2) is 0 Å². The molecule has 0 fully saturated rings. The lowest BCUT2D eigenvalue weighted by molar-refractivity contribution is 0.482. The first kappa shape index (κ1) is 9.90. The standard InChI is InChI=1S/C9H7ClFNO/c10-9-3-1-2-7(5-12-6-13)8(9)4-11/h1-3H,4-5H2. The molecule has 0 aliphatic heterocycles. The Hall–Kier alpha value is -1.18. The number of halogens is 2. The predicted octanol–water partition coefficient (Wildman–Crippen LogP) is 2.65. The van der Waals surface area contributed by atoms with E-state index in [1.807, 2.05) is 0 Å². The van der Waals surface area contributed by atoms with Gasteiger partial charge in [-0.05, 0) is 11.6 Å². The maximum atomic E-state index is 12.4. The molecule has 13 heavy (non-hydrogen) atoms. The average molecular weight is 200 g/mol. The van der Waals surface area contributed by atoms with Crippen molar-refractivity contribution >= 4 is 17.7 Å². The van der Waals surface area contributed by atoms with Gasteiger partial charge in [0.1, 0.15) is 6.67 Å². The summed E-state index contributed by atoms with van der Waals surface area (Å²) in [5.74, 6) is 0. The van der Waals surface area contributed by atoms with E-state index < -0.39 is 6.67 Å². The third kappa shape index (κ3) is 2.38. The molecule has 0 aromatic heterocycles. The highest BCUT2D eigenvalue weighted by atomic mass is 35.5. The van der Waals surface area contributed by atoms with Crippen LogP contribution in [0.4, 0.5) is 4.39 Å². The molecule has 1 rings (SSSR count). The smallest absolute Gasteiger partial charge is 0.235 e. The highest BCUT2D eigenvalue weighted by molar-refractivity contribution is 6.31. The van der Waals surface area contributed by atoms with Gasteiger partial charge in [-0.2, -0.15) is 0 Å². The molecule has 0 bridgehead atoms. The molecule has 0 N–H and O–H groups in total. The topological polar surface area (TPSA) is 29.4 Å². The maximum Gasteiger partial charge on any atom is 0.235 e. The summed E-state index contributed by atoms with van der Waals surface area (Å²) in [7, 11) is 0. The number of alkyl halides is 1. The van der Waals surface area contributed by atoms with E-state index in [9.17, 15) is 9.18 Å². The Bertz CT molecular complexity index is 347. The number of rotatable bonds is 3. The van der Waals surface area contributed by atoms with E-state index in [1.54, 1.807) is 18.2 Å². The summed E-state index contributed by atoms with van der Waals surface area (Å²) in [6.45, 7) is -0.521. The first-order valence-electron chi connectivity index (χ1n) is 3.65. The number of hydrogen-bond donors (Lipinski definition) is 0. The van der Waals surface area contributed by atoms with Gasteiger partial charge < -0.3 is 0 Å². The highest BCUT2D eigenvalue weighted by Gasteiger charge is 2.05. The molecular formula is C9H7ClFNO. The van der Waals surface area contributed by atoms with E-state index in [2.05, 4.69) is 4.99 Å². The molecule has 1 aromatic rings. The number of carbonyl (C=O) groups excluding carboxylic acids is 1. The molecular weight excluding hydrogens is 193 g/mol. The molecule has 0 saturated carbocycles. The van der Waals surface area contributed by atoms with Crippen molar-refractivity contribution in [3.05, 3.63) is 34.3 Å². The molecule has 0 atom stereocenters. The van der Waals surface area contributed by atoms with Crippen molar-refractivity contribution in [2.45, 2.75) is 13.2 Å². The van der Waals surface area contributed by atoms with Gasteiger partial charge >= 0.3 is 0 Å². The van der Waals surface area contributed by atoms with Crippen LogP contribution >= 0.6 is 11.6 Å². The van der Waals surface area contributed by atoms with Gasteiger partial charge in [0.25, 0.3) is 0 Å². The molecule has 2 nitrogen and oxygen atoms in total. The van der Waals surface area contributed by atoms with E-state index in [0.717, 1.165) is 0 Å². The fourth-order valence-electron chi connectivity index (χ4n) is 1.02. The van der Waals surface area contributed by atoms with Crippen LogP contribution in [0.2, 0.25) is 5.02 Å². The normalized spacial score (nSPS) is 9.38. The Kier molecular flexibility index (Phi) is 3.62. The number of aliphatic imine (C=N–C) groups is 1. The Morgan fingerprint density at radius 1 is 1.54 bits per heavy atom. The predicted molar refractivity (Wildman–Crippen MR) is 48.1 cm³/mol. The lowest BCUT2D eigenvalue weighted by Gasteiger charge is -2.04. The quantitative estimate of drug-likeness (QED) is 0.544. The van der Waals surface area contributed by atoms with Gasteiger partial charge in [0.05, 0.1) is 6.54 Å². The van der Waals surface area contributed by atoms with Crippen molar-refractivity contribution < 1.29 is 9.18 Å². The van der Waals surface area contributed by atoms with E-state index in [-0.39, 0.29) is 6.54 Å². The van der Waals surface area contributed by atoms with Gasteiger partial charge in [-0.1, -0.05) is 23.7 Å². The van der Waals surface area contributed by atoms with Crippen molar-refractivity contribution in [1.82, 2.24) is 0 Å². The summed E-state index contributed by atoms with van der Waals surface area (Å²) < 4.78 is 12.4. The SMILES string of the molecule is O=C=NCc1cccc(Cl)c1CF. The third-order valence-electron chi connectivity index (χ3n) is 1.66. The first-order chi connectivity index (χ1) is 6.29. The lowest BCUT2D eigenvalue weighted by Crippen LogP contribution is -1.91.